The average molecular weight is 259 g/mol. The van der Waals surface area contributed by atoms with Crippen molar-refractivity contribution in [3.05, 3.63) is 35.7 Å². The highest BCUT2D eigenvalue weighted by molar-refractivity contribution is 5.56. The lowest BCUT2D eigenvalue weighted by atomic mass is 10.0. The zero-order chi connectivity index (χ0) is 14.0. The van der Waals surface area contributed by atoms with Crippen LogP contribution in [0.25, 0.3) is 11.4 Å². The average Bonchev–Trinajstić information content (AvgIpc) is 2.82. The van der Waals surface area contributed by atoms with Crippen LogP contribution in [-0.2, 0) is 6.61 Å². The number of aliphatic hydroxyl groups is 1. The van der Waals surface area contributed by atoms with Crippen molar-refractivity contribution in [1.82, 2.24) is 14.8 Å². The van der Waals surface area contributed by atoms with E-state index in [1.54, 1.807) is 0 Å². The summed E-state index contributed by atoms with van der Waals surface area (Å²) in [6.45, 7) is 8.39. The highest BCUT2D eigenvalue weighted by atomic mass is 16.3. The summed E-state index contributed by atoms with van der Waals surface area (Å²) in [6.07, 6.45) is 0. The van der Waals surface area contributed by atoms with Crippen LogP contribution in [0, 0.1) is 0 Å². The minimum absolute atomic E-state index is 0.0880. The van der Waals surface area contributed by atoms with Gasteiger partial charge in [-0.1, -0.05) is 38.1 Å². The van der Waals surface area contributed by atoms with Gasteiger partial charge in [-0.3, -0.25) is 0 Å². The molecule has 0 aliphatic rings. The van der Waals surface area contributed by atoms with Crippen molar-refractivity contribution in [3.8, 4) is 11.4 Å². The standard InChI is InChI=1S/C15H21N3O/c1-10(2)12-5-7-13(8-6-12)15-17-16-14(9-19)18(15)11(3)4/h5-8,10-11,19H,9H2,1-4H3. The molecular weight excluding hydrogens is 238 g/mol. The van der Waals surface area contributed by atoms with E-state index in [1.807, 2.05) is 4.57 Å². The molecule has 0 atom stereocenters. The van der Waals surface area contributed by atoms with Crippen LogP contribution in [0.15, 0.2) is 24.3 Å². The molecule has 0 unspecified atom stereocenters. The monoisotopic (exact) mass is 259 g/mol. The fourth-order valence-corrected chi connectivity index (χ4v) is 2.19. The summed E-state index contributed by atoms with van der Waals surface area (Å²) in [5.74, 6) is 1.94. The van der Waals surface area contributed by atoms with Crippen LogP contribution in [0.1, 0.15) is 51.0 Å². The maximum atomic E-state index is 9.32. The van der Waals surface area contributed by atoms with Gasteiger partial charge in [0.25, 0.3) is 0 Å². The molecule has 2 aromatic rings. The Morgan fingerprint density at radius 1 is 1.05 bits per heavy atom. The second-order valence-corrected chi connectivity index (χ2v) is 5.34. The third-order valence-corrected chi connectivity index (χ3v) is 3.26. The Hall–Kier alpha value is -1.68. The normalized spacial score (nSPS) is 11.5. The van der Waals surface area contributed by atoms with E-state index < -0.39 is 0 Å². The van der Waals surface area contributed by atoms with Crippen molar-refractivity contribution in [1.29, 1.82) is 0 Å². The molecule has 0 aliphatic heterocycles. The molecule has 102 valence electrons. The predicted molar refractivity (Wildman–Crippen MR) is 75.9 cm³/mol. The molecule has 0 bridgehead atoms. The first kappa shape index (κ1) is 13.7. The van der Waals surface area contributed by atoms with Crippen molar-refractivity contribution in [2.24, 2.45) is 0 Å². The van der Waals surface area contributed by atoms with Gasteiger partial charge in [0.15, 0.2) is 11.6 Å². The van der Waals surface area contributed by atoms with Gasteiger partial charge in [-0.25, -0.2) is 0 Å². The number of aliphatic hydroxyl groups excluding tert-OH is 1. The third kappa shape index (κ3) is 2.68. The number of benzene rings is 1. The number of hydrogen-bond donors (Lipinski definition) is 1. The Morgan fingerprint density at radius 2 is 1.68 bits per heavy atom. The van der Waals surface area contributed by atoms with Crippen molar-refractivity contribution >= 4 is 0 Å². The van der Waals surface area contributed by atoms with Gasteiger partial charge in [0, 0.05) is 11.6 Å². The molecule has 1 aromatic carbocycles. The lowest BCUT2D eigenvalue weighted by Gasteiger charge is -2.13. The Labute approximate surface area is 114 Å². The molecule has 0 saturated heterocycles. The Kier molecular flexibility index (Phi) is 4.00. The predicted octanol–water partition coefficient (Wildman–Crippen LogP) is 3.14. The van der Waals surface area contributed by atoms with Crippen molar-refractivity contribution in [2.75, 3.05) is 0 Å². The van der Waals surface area contributed by atoms with Gasteiger partial charge in [0.1, 0.15) is 6.61 Å². The van der Waals surface area contributed by atoms with Gasteiger partial charge in [-0.15, -0.1) is 10.2 Å². The van der Waals surface area contributed by atoms with Gasteiger partial charge < -0.3 is 9.67 Å². The van der Waals surface area contributed by atoms with Crippen LogP contribution in [0.5, 0.6) is 0 Å². The van der Waals surface area contributed by atoms with E-state index in [-0.39, 0.29) is 12.6 Å². The molecule has 0 amide bonds. The smallest absolute Gasteiger partial charge is 0.164 e. The van der Waals surface area contributed by atoms with Crippen LogP contribution in [0.2, 0.25) is 0 Å². The minimum atomic E-state index is -0.0880. The summed E-state index contributed by atoms with van der Waals surface area (Å²) in [6, 6.07) is 8.60. The van der Waals surface area contributed by atoms with Crippen LogP contribution >= 0.6 is 0 Å². The largest absolute Gasteiger partial charge is 0.388 e. The molecule has 19 heavy (non-hydrogen) atoms. The van der Waals surface area contributed by atoms with Crippen LogP contribution < -0.4 is 0 Å². The Bertz CT molecular complexity index is 541. The summed E-state index contributed by atoms with van der Waals surface area (Å²) >= 11 is 0. The van der Waals surface area contributed by atoms with E-state index in [1.165, 1.54) is 5.56 Å². The van der Waals surface area contributed by atoms with E-state index in [0.29, 0.717) is 11.7 Å². The number of rotatable bonds is 4. The summed E-state index contributed by atoms with van der Waals surface area (Å²) in [7, 11) is 0. The van der Waals surface area contributed by atoms with Gasteiger partial charge in [-0.2, -0.15) is 0 Å². The molecule has 1 heterocycles. The van der Waals surface area contributed by atoms with E-state index in [4.69, 9.17) is 0 Å². The summed E-state index contributed by atoms with van der Waals surface area (Å²) < 4.78 is 1.98. The first-order valence-electron chi connectivity index (χ1n) is 6.69. The topological polar surface area (TPSA) is 50.9 Å². The third-order valence-electron chi connectivity index (χ3n) is 3.26. The second-order valence-electron chi connectivity index (χ2n) is 5.34. The maximum Gasteiger partial charge on any atom is 0.164 e. The SMILES string of the molecule is CC(C)c1ccc(-c2nnc(CO)n2C(C)C)cc1. The van der Waals surface area contributed by atoms with Crippen molar-refractivity contribution < 1.29 is 5.11 Å². The van der Waals surface area contributed by atoms with Crippen LogP contribution in [-0.4, -0.2) is 19.9 Å². The molecule has 0 radical (unpaired) electrons. The minimum Gasteiger partial charge on any atom is -0.388 e. The Balaban J connectivity index is 2.44. The highest BCUT2D eigenvalue weighted by Crippen LogP contribution is 2.24. The van der Waals surface area contributed by atoms with Gasteiger partial charge >= 0.3 is 0 Å². The van der Waals surface area contributed by atoms with Gasteiger partial charge in [0.2, 0.25) is 0 Å². The lowest BCUT2D eigenvalue weighted by molar-refractivity contribution is 0.262. The summed E-state index contributed by atoms with van der Waals surface area (Å²) in [5.41, 5.74) is 2.34. The summed E-state index contributed by atoms with van der Waals surface area (Å²) in [5, 5.41) is 17.6. The lowest BCUT2D eigenvalue weighted by Crippen LogP contribution is -2.08. The van der Waals surface area contributed by atoms with Gasteiger partial charge in [0.05, 0.1) is 0 Å². The molecular formula is C15H21N3O. The van der Waals surface area contributed by atoms with Crippen LogP contribution in [0.4, 0.5) is 0 Å². The van der Waals surface area contributed by atoms with E-state index in [0.717, 1.165) is 11.4 Å². The van der Waals surface area contributed by atoms with E-state index in [2.05, 4.69) is 62.2 Å². The number of nitrogens with zero attached hydrogens (tertiary/aromatic N) is 3. The molecule has 4 heteroatoms. The second kappa shape index (κ2) is 5.53. The quantitative estimate of drug-likeness (QED) is 0.917. The van der Waals surface area contributed by atoms with E-state index >= 15 is 0 Å². The molecule has 4 nitrogen and oxygen atoms in total. The Morgan fingerprint density at radius 3 is 2.16 bits per heavy atom. The number of aromatic nitrogens is 3. The maximum absolute atomic E-state index is 9.32. The van der Waals surface area contributed by atoms with Crippen molar-refractivity contribution in [2.45, 2.75) is 46.3 Å². The van der Waals surface area contributed by atoms with Gasteiger partial charge in [-0.05, 0) is 25.3 Å². The highest BCUT2D eigenvalue weighted by Gasteiger charge is 2.15. The van der Waals surface area contributed by atoms with E-state index in [9.17, 15) is 5.11 Å². The zero-order valence-corrected chi connectivity index (χ0v) is 12.0. The molecule has 0 fully saturated rings. The first-order valence-corrected chi connectivity index (χ1v) is 6.69. The van der Waals surface area contributed by atoms with Crippen LogP contribution in [0.3, 0.4) is 0 Å². The fourth-order valence-electron chi connectivity index (χ4n) is 2.19. The van der Waals surface area contributed by atoms with Crippen molar-refractivity contribution in [3.63, 3.8) is 0 Å². The zero-order valence-electron chi connectivity index (χ0n) is 12.0. The molecule has 2 rings (SSSR count). The summed E-state index contributed by atoms with van der Waals surface area (Å²) in [4.78, 5) is 0. The first-order chi connectivity index (χ1) is 9.04. The molecule has 0 saturated carbocycles. The molecule has 1 N–H and O–H groups in total. The molecule has 0 spiro atoms. The number of hydrogen-bond acceptors (Lipinski definition) is 3. The fraction of sp³-hybridized carbons (Fsp3) is 0.467. The molecule has 1 aromatic heterocycles. The molecule has 0 aliphatic carbocycles.